The van der Waals surface area contributed by atoms with Gasteiger partial charge in [0.2, 0.25) is 0 Å². The predicted molar refractivity (Wildman–Crippen MR) is 142 cm³/mol. The number of nitriles is 1. The van der Waals surface area contributed by atoms with Crippen molar-refractivity contribution in [1.29, 1.82) is 5.26 Å². The van der Waals surface area contributed by atoms with Gasteiger partial charge in [0.05, 0.1) is 30.8 Å². The second-order valence-electron chi connectivity index (χ2n) is 9.61. The van der Waals surface area contributed by atoms with Gasteiger partial charge in [-0.25, -0.2) is 4.79 Å². The average Bonchev–Trinajstić information content (AvgIpc) is 2.88. The Hall–Kier alpha value is -2.84. The van der Waals surface area contributed by atoms with Crippen LogP contribution in [0.25, 0.3) is 0 Å². The van der Waals surface area contributed by atoms with E-state index in [2.05, 4.69) is 63.1 Å². The first-order chi connectivity index (χ1) is 16.8. The van der Waals surface area contributed by atoms with E-state index in [4.69, 9.17) is 9.47 Å². The molecule has 190 valence electrons. The fraction of sp³-hybridized carbons (Fsp3) is 0.533. The van der Waals surface area contributed by atoms with Crippen molar-refractivity contribution in [2.75, 3.05) is 33.9 Å². The minimum atomic E-state index is -0.548. The lowest BCUT2D eigenvalue weighted by Crippen LogP contribution is -2.32. The second-order valence-corrected chi connectivity index (χ2v) is 9.61. The Morgan fingerprint density at radius 2 is 1.91 bits per heavy atom. The first-order valence-corrected chi connectivity index (χ1v) is 12.8. The predicted octanol–water partition coefficient (Wildman–Crippen LogP) is 6.20. The first kappa shape index (κ1) is 28.4. The van der Waals surface area contributed by atoms with Crippen LogP contribution >= 0.6 is 0 Å². The average molecular weight is 479 g/mol. The number of methoxy groups -OCH3 is 1. The molecule has 0 aliphatic rings. The fourth-order valence-electron chi connectivity index (χ4n) is 4.52. The number of esters is 1. The minimum Gasteiger partial charge on any atom is -0.496 e. The molecular weight excluding hydrogens is 436 g/mol. The van der Waals surface area contributed by atoms with E-state index < -0.39 is 5.41 Å². The minimum absolute atomic E-state index is 0.185. The molecule has 1 unspecified atom stereocenters. The lowest BCUT2D eigenvalue weighted by Gasteiger charge is -2.32. The van der Waals surface area contributed by atoms with Crippen molar-refractivity contribution in [2.45, 2.75) is 65.2 Å². The van der Waals surface area contributed by atoms with Crippen LogP contribution in [-0.4, -0.2) is 44.7 Å². The molecular formula is C30H42N2O3. The smallest absolute Gasteiger partial charge is 0.338 e. The molecule has 5 nitrogen and oxygen atoms in total. The number of likely N-dealkylation sites (N-methyl/N-ethyl adjacent to an activating group) is 1. The van der Waals surface area contributed by atoms with E-state index in [0.717, 1.165) is 67.6 Å². The molecule has 0 heterocycles. The molecule has 2 aromatic rings. The van der Waals surface area contributed by atoms with Gasteiger partial charge in [-0.2, -0.15) is 5.26 Å². The molecule has 0 saturated carbocycles. The maximum Gasteiger partial charge on any atom is 0.338 e. The van der Waals surface area contributed by atoms with Crippen LogP contribution in [0.5, 0.6) is 5.75 Å². The number of carbonyl (C=O) groups is 1. The summed E-state index contributed by atoms with van der Waals surface area (Å²) in [6.45, 7) is 10.6. The van der Waals surface area contributed by atoms with Crippen LogP contribution in [0.4, 0.5) is 0 Å². The van der Waals surface area contributed by atoms with E-state index in [0.29, 0.717) is 12.2 Å². The summed E-state index contributed by atoms with van der Waals surface area (Å²) in [4.78, 5) is 14.4. The number of carbonyl (C=O) groups excluding carboxylic acids is 1. The number of rotatable bonds is 14. The summed E-state index contributed by atoms with van der Waals surface area (Å²) < 4.78 is 10.9. The molecule has 0 radical (unpaired) electrons. The molecule has 0 saturated heterocycles. The molecule has 0 aliphatic carbocycles. The summed E-state index contributed by atoms with van der Waals surface area (Å²) in [6, 6.07) is 16.6. The zero-order chi connectivity index (χ0) is 25.8. The highest BCUT2D eigenvalue weighted by molar-refractivity contribution is 5.89. The standard InChI is InChI=1S/C30H42N2O3/c1-7-19-35-29(33)26-12-9-11-24(20-26)15-18-32(5)17-10-16-30(22-31,23(3)4)27-14-13-25(8-2)28(21-27)34-6/h9,11-14,20-21,23H,7-8,10,15-19H2,1-6H3. The van der Waals surface area contributed by atoms with Gasteiger partial charge in [0.15, 0.2) is 0 Å². The van der Waals surface area contributed by atoms with E-state index >= 15 is 0 Å². The van der Waals surface area contributed by atoms with Gasteiger partial charge in [-0.15, -0.1) is 0 Å². The van der Waals surface area contributed by atoms with Crippen molar-refractivity contribution >= 4 is 5.97 Å². The number of aryl methyl sites for hydroxylation is 1. The Labute approximate surface area is 212 Å². The Balaban J connectivity index is 1.99. The monoisotopic (exact) mass is 478 g/mol. The van der Waals surface area contributed by atoms with E-state index in [9.17, 15) is 10.1 Å². The molecule has 2 aromatic carbocycles. The van der Waals surface area contributed by atoms with Crippen LogP contribution in [0.15, 0.2) is 42.5 Å². The highest BCUT2D eigenvalue weighted by atomic mass is 16.5. The largest absolute Gasteiger partial charge is 0.496 e. The molecule has 0 amide bonds. The summed E-state index contributed by atoms with van der Waals surface area (Å²) in [5.74, 6) is 0.792. The third-order valence-electron chi connectivity index (χ3n) is 6.86. The molecule has 0 bridgehead atoms. The summed E-state index contributed by atoms with van der Waals surface area (Å²) in [5, 5.41) is 10.3. The van der Waals surface area contributed by atoms with E-state index in [-0.39, 0.29) is 11.9 Å². The Morgan fingerprint density at radius 1 is 1.14 bits per heavy atom. The van der Waals surface area contributed by atoms with Crippen LogP contribution in [0.3, 0.4) is 0 Å². The van der Waals surface area contributed by atoms with Crippen molar-refractivity contribution in [3.8, 4) is 11.8 Å². The van der Waals surface area contributed by atoms with Crippen LogP contribution in [0.2, 0.25) is 0 Å². The zero-order valence-corrected chi connectivity index (χ0v) is 22.4. The summed E-state index contributed by atoms with van der Waals surface area (Å²) in [5.41, 5.74) is 3.39. The summed E-state index contributed by atoms with van der Waals surface area (Å²) >= 11 is 0. The number of ether oxygens (including phenoxy) is 2. The lowest BCUT2D eigenvalue weighted by molar-refractivity contribution is 0.0505. The van der Waals surface area contributed by atoms with Crippen LogP contribution in [-0.2, 0) is 23.0 Å². The quantitative estimate of drug-likeness (QED) is 0.303. The highest BCUT2D eigenvalue weighted by Gasteiger charge is 2.36. The van der Waals surface area contributed by atoms with Gasteiger partial charge in [0.1, 0.15) is 5.75 Å². The third kappa shape index (κ3) is 7.57. The van der Waals surface area contributed by atoms with E-state index in [1.165, 1.54) is 0 Å². The Morgan fingerprint density at radius 3 is 2.54 bits per heavy atom. The maximum absolute atomic E-state index is 12.1. The summed E-state index contributed by atoms with van der Waals surface area (Å²) in [6.07, 6.45) is 4.28. The van der Waals surface area contributed by atoms with Crippen molar-refractivity contribution in [2.24, 2.45) is 5.92 Å². The molecule has 0 aliphatic heterocycles. The number of hydrogen-bond donors (Lipinski definition) is 0. The van der Waals surface area contributed by atoms with Gasteiger partial charge in [-0.1, -0.05) is 52.0 Å². The highest BCUT2D eigenvalue weighted by Crippen LogP contribution is 2.39. The van der Waals surface area contributed by atoms with Gasteiger partial charge in [-0.3, -0.25) is 0 Å². The molecule has 2 rings (SSSR count). The number of nitrogens with zero attached hydrogens (tertiary/aromatic N) is 2. The van der Waals surface area contributed by atoms with Crippen molar-refractivity contribution in [3.63, 3.8) is 0 Å². The normalized spacial score (nSPS) is 12.9. The molecule has 0 spiro atoms. The van der Waals surface area contributed by atoms with Gasteiger partial charge < -0.3 is 14.4 Å². The number of benzene rings is 2. The fourth-order valence-corrected chi connectivity index (χ4v) is 4.52. The first-order valence-electron chi connectivity index (χ1n) is 12.8. The van der Waals surface area contributed by atoms with Gasteiger partial charge in [0.25, 0.3) is 0 Å². The van der Waals surface area contributed by atoms with Crippen molar-refractivity contribution < 1.29 is 14.3 Å². The topological polar surface area (TPSA) is 62.6 Å². The second kappa shape index (κ2) is 13.9. The number of hydrogen-bond acceptors (Lipinski definition) is 5. The molecule has 1 atom stereocenters. The lowest BCUT2D eigenvalue weighted by atomic mass is 9.69. The van der Waals surface area contributed by atoms with E-state index in [1.54, 1.807) is 13.2 Å². The SMILES string of the molecule is CCCOC(=O)c1cccc(CCN(C)CCCC(C#N)(c2ccc(CC)c(OC)c2)C(C)C)c1. The van der Waals surface area contributed by atoms with Crippen LogP contribution < -0.4 is 4.74 Å². The Kier molecular flexibility index (Phi) is 11.3. The molecule has 0 fully saturated rings. The van der Waals surface area contributed by atoms with Gasteiger partial charge in [-0.05, 0) is 86.5 Å². The molecule has 35 heavy (non-hydrogen) atoms. The Bertz CT molecular complexity index is 995. The zero-order valence-electron chi connectivity index (χ0n) is 22.4. The maximum atomic E-state index is 12.1. The van der Waals surface area contributed by atoms with Crippen molar-refractivity contribution in [1.82, 2.24) is 4.90 Å². The van der Waals surface area contributed by atoms with Crippen LogP contribution in [0, 0.1) is 17.2 Å². The molecule has 0 N–H and O–H groups in total. The van der Waals surface area contributed by atoms with E-state index in [1.807, 2.05) is 19.1 Å². The van der Waals surface area contributed by atoms with Crippen molar-refractivity contribution in [3.05, 3.63) is 64.7 Å². The third-order valence-corrected chi connectivity index (χ3v) is 6.86. The molecule has 0 aromatic heterocycles. The van der Waals surface area contributed by atoms with Crippen LogP contribution in [0.1, 0.15) is 74.0 Å². The summed E-state index contributed by atoms with van der Waals surface area (Å²) in [7, 11) is 3.81. The van der Waals surface area contributed by atoms with Gasteiger partial charge >= 0.3 is 5.97 Å². The molecule has 5 heteroatoms. The van der Waals surface area contributed by atoms with Gasteiger partial charge in [0, 0.05) is 6.54 Å².